The molecule has 0 fully saturated rings. The first-order chi connectivity index (χ1) is 12.7. The number of hydrogen-bond acceptors (Lipinski definition) is 2. The molecule has 5 heteroatoms. The Hall–Kier alpha value is -3.02. The molecule has 2 N–H and O–H groups in total. The molecule has 0 spiro atoms. The summed E-state index contributed by atoms with van der Waals surface area (Å²) in [4.78, 5) is 0.588. The largest absolute Gasteiger partial charge is 0.248 e. The van der Waals surface area contributed by atoms with E-state index < -0.39 is 11.0 Å². The van der Waals surface area contributed by atoms with Crippen molar-refractivity contribution >= 4 is 11.0 Å². The van der Waals surface area contributed by atoms with Crippen LogP contribution in [0.3, 0.4) is 0 Å². The lowest BCUT2D eigenvalue weighted by Gasteiger charge is -2.08. The van der Waals surface area contributed by atoms with Gasteiger partial charge in [0.05, 0.1) is 22.0 Å². The molecule has 4 nitrogen and oxygen atoms in total. The zero-order chi connectivity index (χ0) is 17.9. The molecule has 0 radical (unpaired) electrons. The highest BCUT2D eigenvalue weighted by Crippen LogP contribution is 2.28. The Labute approximate surface area is 154 Å². The molecule has 0 saturated carbocycles. The molecule has 4 aromatic rings. The summed E-state index contributed by atoms with van der Waals surface area (Å²) in [7, 11) is -1.49. The van der Waals surface area contributed by atoms with Gasteiger partial charge >= 0.3 is 0 Å². The number of hydrogen-bond donors (Lipinski definition) is 1. The van der Waals surface area contributed by atoms with Crippen LogP contribution in [0, 0.1) is 0 Å². The minimum Gasteiger partial charge on any atom is -0.248 e. The Kier molecular flexibility index (Phi) is 4.48. The monoisotopic (exact) mass is 359 g/mol. The van der Waals surface area contributed by atoms with Gasteiger partial charge in [-0.25, -0.2) is 14.0 Å². The van der Waals surface area contributed by atoms with Gasteiger partial charge in [0, 0.05) is 11.1 Å². The van der Waals surface area contributed by atoms with Crippen molar-refractivity contribution in [1.29, 1.82) is 0 Å². The molecule has 0 bridgehead atoms. The number of benzene rings is 3. The SMILES string of the molecule is NS(=O)c1ccc(-n2nc(-c3ccccc3)cc2-c2ccccc2)cc1. The predicted octanol–water partition coefficient (Wildman–Crippen LogP) is 4.19. The Morgan fingerprint density at radius 1 is 0.769 bits per heavy atom. The molecule has 0 aliphatic heterocycles. The van der Waals surface area contributed by atoms with E-state index in [4.69, 9.17) is 10.2 Å². The molecule has 1 atom stereocenters. The maximum absolute atomic E-state index is 11.4. The van der Waals surface area contributed by atoms with Crippen LogP contribution in [-0.4, -0.2) is 14.0 Å². The summed E-state index contributed by atoms with van der Waals surface area (Å²) in [5.41, 5.74) is 4.92. The maximum atomic E-state index is 11.4. The van der Waals surface area contributed by atoms with Crippen LogP contribution in [-0.2, 0) is 11.0 Å². The fraction of sp³-hybridized carbons (Fsp3) is 0. The topological polar surface area (TPSA) is 60.9 Å². The van der Waals surface area contributed by atoms with Gasteiger partial charge in [-0.3, -0.25) is 0 Å². The first kappa shape index (κ1) is 16.4. The first-order valence-electron chi connectivity index (χ1n) is 8.20. The average Bonchev–Trinajstić information content (AvgIpc) is 3.15. The third-order valence-corrected chi connectivity index (χ3v) is 4.90. The lowest BCUT2D eigenvalue weighted by molar-refractivity contribution is 0.684. The van der Waals surface area contributed by atoms with Crippen LogP contribution < -0.4 is 5.14 Å². The highest BCUT2D eigenvalue weighted by Gasteiger charge is 2.13. The Balaban J connectivity index is 1.87. The normalized spacial score (nSPS) is 12.0. The van der Waals surface area contributed by atoms with Crippen LogP contribution >= 0.6 is 0 Å². The first-order valence-corrected chi connectivity index (χ1v) is 9.41. The molecule has 0 saturated heterocycles. The van der Waals surface area contributed by atoms with Crippen molar-refractivity contribution in [2.75, 3.05) is 0 Å². The number of nitrogens with two attached hydrogens (primary N) is 1. The quantitative estimate of drug-likeness (QED) is 0.594. The fourth-order valence-electron chi connectivity index (χ4n) is 2.86. The van der Waals surface area contributed by atoms with E-state index in [-0.39, 0.29) is 0 Å². The maximum Gasteiger partial charge on any atom is 0.122 e. The minimum absolute atomic E-state index is 0.588. The summed E-state index contributed by atoms with van der Waals surface area (Å²) in [5.74, 6) is 0. The van der Waals surface area contributed by atoms with Crippen molar-refractivity contribution < 1.29 is 4.21 Å². The second-order valence-corrected chi connectivity index (χ2v) is 6.92. The third kappa shape index (κ3) is 3.22. The van der Waals surface area contributed by atoms with E-state index in [1.165, 1.54) is 0 Å². The minimum atomic E-state index is -1.49. The van der Waals surface area contributed by atoms with Gasteiger partial charge in [-0.2, -0.15) is 5.10 Å². The molecule has 0 amide bonds. The molecular weight excluding hydrogens is 342 g/mol. The Morgan fingerprint density at radius 3 is 1.92 bits per heavy atom. The molecular formula is C21H17N3OS. The lowest BCUT2D eigenvalue weighted by Crippen LogP contribution is -2.04. The smallest absolute Gasteiger partial charge is 0.122 e. The van der Waals surface area contributed by atoms with E-state index in [0.717, 1.165) is 28.2 Å². The average molecular weight is 359 g/mol. The van der Waals surface area contributed by atoms with E-state index in [1.807, 2.05) is 65.3 Å². The summed E-state index contributed by atoms with van der Waals surface area (Å²) >= 11 is 0. The van der Waals surface area contributed by atoms with Crippen molar-refractivity contribution in [2.24, 2.45) is 5.14 Å². The molecule has 128 valence electrons. The molecule has 4 rings (SSSR count). The molecule has 0 aliphatic rings. The van der Waals surface area contributed by atoms with Gasteiger partial charge in [0.1, 0.15) is 11.0 Å². The van der Waals surface area contributed by atoms with E-state index in [0.29, 0.717) is 4.90 Å². The summed E-state index contributed by atoms with van der Waals surface area (Å²) in [6.45, 7) is 0. The zero-order valence-electron chi connectivity index (χ0n) is 13.9. The highest BCUT2D eigenvalue weighted by atomic mass is 32.2. The van der Waals surface area contributed by atoms with Crippen LogP contribution in [0.2, 0.25) is 0 Å². The van der Waals surface area contributed by atoms with Gasteiger partial charge in [-0.15, -0.1) is 0 Å². The Bertz CT molecular complexity index is 1040. The second kappa shape index (κ2) is 7.07. The van der Waals surface area contributed by atoms with E-state index in [1.54, 1.807) is 12.1 Å². The number of aromatic nitrogens is 2. The van der Waals surface area contributed by atoms with E-state index >= 15 is 0 Å². The standard InChI is InChI=1S/C21H17N3OS/c22-26(25)19-13-11-18(12-14-19)24-21(17-9-5-2-6-10-17)15-20(23-24)16-7-3-1-4-8-16/h1-15H,22H2. The van der Waals surface area contributed by atoms with Crippen molar-refractivity contribution in [3.05, 3.63) is 91.0 Å². The van der Waals surface area contributed by atoms with Crippen LogP contribution in [0.4, 0.5) is 0 Å². The van der Waals surface area contributed by atoms with Gasteiger partial charge in [0.2, 0.25) is 0 Å². The van der Waals surface area contributed by atoms with Gasteiger partial charge < -0.3 is 0 Å². The summed E-state index contributed by atoms with van der Waals surface area (Å²) in [6.07, 6.45) is 0. The molecule has 0 aliphatic carbocycles. The lowest BCUT2D eigenvalue weighted by atomic mass is 10.1. The predicted molar refractivity (Wildman–Crippen MR) is 105 cm³/mol. The Morgan fingerprint density at radius 2 is 1.35 bits per heavy atom. The molecule has 3 aromatic carbocycles. The zero-order valence-corrected chi connectivity index (χ0v) is 14.8. The summed E-state index contributed by atoms with van der Waals surface area (Å²) < 4.78 is 13.3. The van der Waals surface area contributed by atoms with E-state index in [9.17, 15) is 4.21 Å². The molecule has 1 unspecified atom stereocenters. The van der Waals surface area contributed by atoms with Crippen LogP contribution in [0.1, 0.15) is 0 Å². The van der Waals surface area contributed by atoms with Gasteiger partial charge in [0.25, 0.3) is 0 Å². The van der Waals surface area contributed by atoms with Crippen molar-refractivity contribution in [1.82, 2.24) is 9.78 Å². The van der Waals surface area contributed by atoms with Gasteiger partial charge in [-0.05, 0) is 30.3 Å². The fourth-order valence-corrected chi connectivity index (χ4v) is 3.27. The summed E-state index contributed by atoms with van der Waals surface area (Å²) in [5, 5.41) is 10.3. The van der Waals surface area contributed by atoms with Crippen LogP contribution in [0.25, 0.3) is 28.2 Å². The van der Waals surface area contributed by atoms with Crippen molar-refractivity contribution in [3.63, 3.8) is 0 Å². The summed E-state index contributed by atoms with van der Waals surface area (Å²) in [6, 6.07) is 29.6. The molecule has 1 aromatic heterocycles. The third-order valence-electron chi connectivity index (χ3n) is 4.16. The molecule has 1 heterocycles. The highest BCUT2D eigenvalue weighted by molar-refractivity contribution is 7.82. The second-order valence-electron chi connectivity index (χ2n) is 5.85. The van der Waals surface area contributed by atoms with E-state index in [2.05, 4.69) is 18.2 Å². The number of nitrogens with zero attached hydrogens (tertiary/aromatic N) is 2. The van der Waals surface area contributed by atoms with Crippen LogP contribution in [0.5, 0.6) is 0 Å². The van der Waals surface area contributed by atoms with Gasteiger partial charge in [0.15, 0.2) is 0 Å². The number of rotatable bonds is 4. The van der Waals surface area contributed by atoms with Crippen molar-refractivity contribution in [2.45, 2.75) is 4.90 Å². The van der Waals surface area contributed by atoms with Gasteiger partial charge in [-0.1, -0.05) is 60.7 Å². The molecule has 26 heavy (non-hydrogen) atoms. The van der Waals surface area contributed by atoms with Crippen molar-refractivity contribution in [3.8, 4) is 28.2 Å². The van der Waals surface area contributed by atoms with Crippen LogP contribution in [0.15, 0.2) is 95.9 Å².